The quantitative estimate of drug-likeness (QED) is 0.302. The van der Waals surface area contributed by atoms with Crippen LogP contribution in [0.2, 0.25) is 0 Å². The fourth-order valence-electron chi connectivity index (χ4n) is 0.936. The molecule has 0 amide bonds. The minimum atomic E-state index is 0.755. The Morgan fingerprint density at radius 1 is 1.25 bits per heavy atom. The van der Waals surface area contributed by atoms with Gasteiger partial charge in [-0.3, -0.25) is 5.43 Å². The highest BCUT2D eigenvalue weighted by Crippen LogP contribution is 1.97. The third kappa shape index (κ3) is 3.01. The molecular formula is C8H12N4. The lowest BCUT2D eigenvalue weighted by atomic mass is 10.2. The van der Waals surface area contributed by atoms with Crippen molar-refractivity contribution in [3.05, 3.63) is 35.9 Å². The van der Waals surface area contributed by atoms with Crippen molar-refractivity contribution in [1.82, 2.24) is 5.43 Å². The van der Waals surface area contributed by atoms with E-state index in [1.54, 1.807) is 0 Å². The molecule has 1 aromatic rings. The normalized spacial score (nSPS) is 10.3. The molecule has 64 valence electrons. The maximum atomic E-state index is 4.80. The molecule has 1 rings (SSSR count). The number of nitrogens with two attached hydrogens (primary N) is 1. The highest BCUT2D eigenvalue weighted by atomic mass is 15.5. The largest absolute Gasteiger partial charge is 0.303 e. The fourth-order valence-corrected chi connectivity index (χ4v) is 0.936. The van der Waals surface area contributed by atoms with Gasteiger partial charge in [-0.15, -0.1) is 0 Å². The molecule has 0 aliphatic rings. The van der Waals surface area contributed by atoms with Gasteiger partial charge in [-0.1, -0.05) is 40.8 Å². The van der Waals surface area contributed by atoms with Crippen molar-refractivity contribution in [2.24, 2.45) is 16.3 Å². The van der Waals surface area contributed by atoms with E-state index in [2.05, 4.69) is 28.0 Å². The summed E-state index contributed by atoms with van der Waals surface area (Å²) in [6, 6.07) is 10.2. The second-order valence-electron chi connectivity index (χ2n) is 2.36. The first-order valence-electron chi connectivity index (χ1n) is 3.80. The van der Waals surface area contributed by atoms with E-state index >= 15 is 0 Å². The van der Waals surface area contributed by atoms with Crippen molar-refractivity contribution in [1.29, 1.82) is 0 Å². The van der Waals surface area contributed by atoms with E-state index in [4.69, 9.17) is 5.84 Å². The van der Waals surface area contributed by atoms with E-state index in [9.17, 15) is 0 Å². The third-order valence-corrected chi connectivity index (χ3v) is 1.50. The molecule has 0 heterocycles. The highest BCUT2D eigenvalue weighted by Gasteiger charge is 1.88. The molecule has 4 heteroatoms. The Morgan fingerprint density at radius 2 is 2.00 bits per heavy atom. The topological polar surface area (TPSA) is 62.8 Å². The first-order valence-corrected chi connectivity index (χ1v) is 3.80. The summed E-state index contributed by atoms with van der Waals surface area (Å²) in [5, 5.41) is 6.52. The first kappa shape index (κ1) is 8.52. The zero-order chi connectivity index (χ0) is 8.65. The Morgan fingerprint density at radius 3 is 2.67 bits per heavy atom. The summed E-state index contributed by atoms with van der Waals surface area (Å²) in [7, 11) is 0. The van der Waals surface area contributed by atoms with Gasteiger partial charge in [-0.05, 0) is 12.0 Å². The Bertz CT molecular complexity index is 232. The maximum absolute atomic E-state index is 4.80. The molecule has 12 heavy (non-hydrogen) atoms. The molecule has 0 spiro atoms. The fraction of sp³-hybridized carbons (Fsp3) is 0.250. The zero-order valence-electron chi connectivity index (χ0n) is 6.77. The summed E-state index contributed by atoms with van der Waals surface area (Å²) >= 11 is 0. The van der Waals surface area contributed by atoms with Crippen LogP contribution in [-0.2, 0) is 6.42 Å². The Hall–Kier alpha value is -1.58. The van der Waals surface area contributed by atoms with E-state index in [0.717, 1.165) is 13.0 Å². The maximum Gasteiger partial charge on any atom is 0.0387 e. The molecular weight excluding hydrogens is 152 g/mol. The molecule has 0 saturated heterocycles. The van der Waals surface area contributed by atoms with Crippen molar-refractivity contribution >= 4 is 0 Å². The molecule has 1 aromatic carbocycles. The average Bonchev–Trinajstić information content (AvgIpc) is 2.14. The van der Waals surface area contributed by atoms with E-state index in [1.807, 2.05) is 18.2 Å². The van der Waals surface area contributed by atoms with Crippen LogP contribution in [0.3, 0.4) is 0 Å². The molecule has 0 aromatic heterocycles. The summed E-state index contributed by atoms with van der Waals surface area (Å²) in [5.74, 6) is 4.80. The van der Waals surface area contributed by atoms with Crippen LogP contribution in [0.25, 0.3) is 0 Å². The van der Waals surface area contributed by atoms with E-state index in [0.29, 0.717) is 0 Å². The number of hydrogen-bond donors (Lipinski definition) is 2. The first-order chi connectivity index (χ1) is 5.93. The lowest BCUT2D eigenvalue weighted by molar-refractivity contribution is 0.673. The van der Waals surface area contributed by atoms with Crippen LogP contribution >= 0.6 is 0 Å². The molecule has 0 radical (unpaired) electrons. The van der Waals surface area contributed by atoms with E-state index < -0.39 is 0 Å². The van der Waals surface area contributed by atoms with Crippen LogP contribution in [0.1, 0.15) is 5.56 Å². The number of nitrogens with zero attached hydrogens (tertiary/aromatic N) is 2. The van der Waals surface area contributed by atoms with Crippen LogP contribution in [0.4, 0.5) is 0 Å². The number of hydrogen-bond acceptors (Lipinski definition) is 2. The van der Waals surface area contributed by atoms with E-state index in [-0.39, 0.29) is 0 Å². The highest BCUT2D eigenvalue weighted by molar-refractivity contribution is 5.14. The van der Waals surface area contributed by atoms with Crippen molar-refractivity contribution in [2.75, 3.05) is 6.54 Å². The SMILES string of the molecule is NN=NNCCc1ccccc1. The minimum absolute atomic E-state index is 0.755. The predicted molar refractivity (Wildman–Crippen MR) is 47.2 cm³/mol. The second kappa shape index (κ2) is 5.12. The van der Waals surface area contributed by atoms with Gasteiger partial charge < -0.3 is 5.84 Å². The molecule has 3 N–H and O–H groups in total. The Kier molecular flexibility index (Phi) is 3.63. The summed E-state index contributed by atoms with van der Waals surface area (Å²) in [6.07, 6.45) is 0.930. The smallest absolute Gasteiger partial charge is 0.0387 e. The summed E-state index contributed by atoms with van der Waals surface area (Å²) < 4.78 is 0. The van der Waals surface area contributed by atoms with Gasteiger partial charge in [0.25, 0.3) is 0 Å². The minimum Gasteiger partial charge on any atom is -0.303 e. The molecule has 0 bridgehead atoms. The molecule has 0 saturated carbocycles. The summed E-state index contributed by atoms with van der Waals surface area (Å²) in [4.78, 5) is 0. The van der Waals surface area contributed by atoms with Gasteiger partial charge in [-0.2, -0.15) is 0 Å². The van der Waals surface area contributed by atoms with Crippen LogP contribution < -0.4 is 11.3 Å². The molecule has 4 nitrogen and oxygen atoms in total. The zero-order valence-corrected chi connectivity index (χ0v) is 6.77. The molecule has 0 atom stereocenters. The summed E-state index contributed by atoms with van der Waals surface area (Å²) in [6.45, 7) is 0.755. The van der Waals surface area contributed by atoms with Crippen molar-refractivity contribution in [3.8, 4) is 0 Å². The van der Waals surface area contributed by atoms with Gasteiger partial charge in [-0.25, -0.2) is 0 Å². The average molecular weight is 164 g/mol. The summed E-state index contributed by atoms with van der Waals surface area (Å²) in [5.41, 5.74) is 3.99. The van der Waals surface area contributed by atoms with Crippen molar-refractivity contribution in [2.45, 2.75) is 6.42 Å². The lowest BCUT2D eigenvalue weighted by Crippen LogP contribution is -2.09. The van der Waals surface area contributed by atoms with Gasteiger partial charge in [0.2, 0.25) is 0 Å². The molecule has 0 fully saturated rings. The van der Waals surface area contributed by atoms with Crippen LogP contribution in [0.5, 0.6) is 0 Å². The van der Waals surface area contributed by atoms with Gasteiger partial charge in [0, 0.05) is 6.54 Å². The van der Waals surface area contributed by atoms with Crippen molar-refractivity contribution in [3.63, 3.8) is 0 Å². The monoisotopic (exact) mass is 164 g/mol. The molecule has 0 unspecified atom stereocenters. The Balaban J connectivity index is 2.24. The van der Waals surface area contributed by atoms with Crippen molar-refractivity contribution < 1.29 is 0 Å². The van der Waals surface area contributed by atoms with Crippen LogP contribution in [0, 0.1) is 0 Å². The second-order valence-corrected chi connectivity index (χ2v) is 2.36. The number of benzene rings is 1. The van der Waals surface area contributed by atoms with E-state index in [1.165, 1.54) is 5.56 Å². The standard InChI is InChI=1S/C8H12N4/c9-11-12-10-7-6-8-4-2-1-3-5-8/h1-5H,6-7H2,(H2,9,12)(H,10,11). The van der Waals surface area contributed by atoms with Crippen LogP contribution in [0.15, 0.2) is 40.8 Å². The number of rotatable bonds is 4. The molecule has 0 aliphatic heterocycles. The lowest BCUT2D eigenvalue weighted by Gasteiger charge is -1.98. The van der Waals surface area contributed by atoms with Crippen LogP contribution in [-0.4, -0.2) is 6.54 Å². The van der Waals surface area contributed by atoms with Gasteiger partial charge >= 0.3 is 0 Å². The van der Waals surface area contributed by atoms with Gasteiger partial charge in [0.05, 0.1) is 0 Å². The Labute approximate surface area is 71.4 Å². The molecule has 0 aliphatic carbocycles. The van der Waals surface area contributed by atoms with Gasteiger partial charge in [0.1, 0.15) is 0 Å². The third-order valence-electron chi connectivity index (χ3n) is 1.50. The van der Waals surface area contributed by atoms with Gasteiger partial charge in [0.15, 0.2) is 0 Å². The number of nitrogens with one attached hydrogen (secondary N) is 1. The predicted octanol–water partition coefficient (Wildman–Crippen LogP) is 1.06.